The average molecular weight is 327 g/mol. The SMILES string of the molecule is Cc1ccc(C)c(/C=C2/N=C(c3cccc4ccccc34)OC2=O)c1. The summed E-state index contributed by atoms with van der Waals surface area (Å²) in [5.74, 6) is -0.0535. The molecular weight excluding hydrogens is 310 g/mol. The van der Waals surface area contributed by atoms with Crippen LogP contribution >= 0.6 is 0 Å². The molecule has 0 amide bonds. The van der Waals surface area contributed by atoms with Gasteiger partial charge in [-0.3, -0.25) is 0 Å². The number of cyclic esters (lactones) is 1. The Hall–Kier alpha value is -3.20. The second-order valence-corrected chi connectivity index (χ2v) is 6.22. The highest BCUT2D eigenvalue weighted by Gasteiger charge is 2.25. The van der Waals surface area contributed by atoms with Crippen molar-refractivity contribution in [1.29, 1.82) is 0 Å². The average Bonchev–Trinajstić information content (AvgIpc) is 2.98. The van der Waals surface area contributed by atoms with Crippen LogP contribution < -0.4 is 0 Å². The first-order chi connectivity index (χ1) is 12.1. The van der Waals surface area contributed by atoms with E-state index in [1.54, 1.807) is 6.08 Å². The summed E-state index contributed by atoms with van der Waals surface area (Å²) in [5, 5.41) is 2.11. The molecule has 4 rings (SSSR count). The number of esters is 1. The van der Waals surface area contributed by atoms with Crippen molar-refractivity contribution in [2.45, 2.75) is 13.8 Å². The van der Waals surface area contributed by atoms with E-state index in [4.69, 9.17) is 4.74 Å². The molecule has 0 bridgehead atoms. The minimum atomic E-state index is -0.413. The van der Waals surface area contributed by atoms with Crippen LogP contribution in [0.5, 0.6) is 0 Å². The summed E-state index contributed by atoms with van der Waals surface area (Å²) in [5.41, 5.74) is 4.38. The molecule has 0 saturated heterocycles. The van der Waals surface area contributed by atoms with Gasteiger partial charge >= 0.3 is 5.97 Å². The minimum Gasteiger partial charge on any atom is -0.402 e. The summed E-state index contributed by atoms with van der Waals surface area (Å²) in [4.78, 5) is 16.8. The number of carbonyl (C=O) groups excluding carboxylic acids is 1. The first-order valence-corrected chi connectivity index (χ1v) is 8.20. The van der Waals surface area contributed by atoms with Gasteiger partial charge < -0.3 is 4.74 Å². The van der Waals surface area contributed by atoms with E-state index in [0.29, 0.717) is 11.6 Å². The monoisotopic (exact) mass is 327 g/mol. The van der Waals surface area contributed by atoms with Crippen molar-refractivity contribution in [1.82, 2.24) is 0 Å². The van der Waals surface area contributed by atoms with Gasteiger partial charge in [-0.05, 0) is 47.9 Å². The second kappa shape index (κ2) is 6.02. The van der Waals surface area contributed by atoms with Crippen LogP contribution in [0.15, 0.2) is 71.4 Å². The first kappa shape index (κ1) is 15.3. The van der Waals surface area contributed by atoms with Crippen molar-refractivity contribution < 1.29 is 9.53 Å². The number of ether oxygens (including phenoxy) is 1. The fraction of sp³-hybridized carbons (Fsp3) is 0.0909. The minimum absolute atomic E-state index is 0.330. The molecule has 122 valence electrons. The first-order valence-electron chi connectivity index (χ1n) is 8.20. The predicted octanol–water partition coefficient (Wildman–Crippen LogP) is 4.80. The maximum absolute atomic E-state index is 12.3. The summed E-state index contributed by atoms with van der Waals surface area (Å²) in [6.07, 6.45) is 1.79. The normalized spacial score (nSPS) is 15.5. The molecule has 1 heterocycles. The van der Waals surface area contributed by atoms with E-state index in [0.717, 1.165) is 33.0 Å². The lowest BCUT2D eigenvalue weighted by Crippen LogP contribution is -2.05. The molecule has 0 N–H and O–H groups in total. The van der Waals surface area contributed by atoms with Crippen LogP contribution in [0, 0.1) is 13.8 Å². The van der Waals surface area contributed by atoms with E-state index in [1.807, 2.05) is 68.4 Å². The summed E-state index contributed by atoms with van der Waals surface area (Å²) >= 11 is 0. The van der Waals surface area contributed by atoms with Crippen molar-refractivity contribution in [2.24, 2.45) is 4.99 Å². The van der Waals surface area contributed by atoms with Crippen LogP contribution in [-0.4, -0.2) is 11.9 Å². The Morgan fingerprint density at radius 1 is 0.960 bits per heavy atom. The van der Waals surface area contributed by atoms with Crippen LogP contribution in [0.25, 0.3) is 16.8 Å². The molecule has 0 aromatic heterocycles. The molecule has 3 aromatic rings. The fourth-order valence-corrected chi connectivity index (χ4v) is 3.00. The quantitative estimate of drug-likeness (QED) is 0.501. The number of hydrogen-bond acceptors (Lipinski definition) is 3. The van der Waals surface area contributed by atoms with Crippen molar-refractivity contribution in [3.63, 3.8) is 0 Å². The Bertz CT molecular complexity index is 1060. The van der Waals surface area contributed by atoms with Crippen molar-refractivity contribution in [2.75, 3.05) is 0 Å². The number of aryl methyl sites for hydroxylation is 2. The zero-order chi connectivity index (χ0) is 17.4. The molecule has 3 aromatic carbocycles. The zero-order valence-electron chi connectivity index (χ0n) is 14.1. The molecule has 1 aliphatic rings. The van der Waals surface area contributed by atoms with E-state index >= 15 is 0 Å². The van der Waals surface area contributed by atoms with Gasteiger partial charge in [-0.15, -0.1) is 0 Å². The lowest BCUT2D eigenvalue weighted by Gasteiger charge is -2.04. The van der Waals surface area contributed by atoms with E-state index < -0.39 is 5.97 Å². The zero-order valence-corrected chi connectivity index (χ0v) is 14.1. The summed E-state index contributed by atoms with van der Waals surface area (Å²) in [6.45, 7) is 4.04. The molecule has 0 spiro atoms. The molecule has 0 radical (unpaired) electrons. The third-order valence-electron chi connectivity index (χ3n) is 4.37. The molecule has 25 heavy (non-hydrogen) atoms. The number of carbonyl (C=O) groups is 1. The summed E-state index contributed by atoms with van der Waals surface area (Å²) < 4.78 is 5.45. The largest absolute Gasteiger partial charge is 0.402 e. The maximum atomic E-state index is 12.3. The Morgan fingerprint density at radius 3 is 2.64 bits per heavy atom. The van der Waals surface area contributed by atoms with Gasteiger partial charge in [0.25, 0.3) is 0 Å². The predicted molar refractivity (Wildman–Crippen MR) is 100 cm³/mol. The Labute approximate surface area is 146 Å². The van der Waals surface area contributed by atoms with Gasteiger partial charge in [0.2, 0.25) is 5.90 Å². The molecule has 0 saturated carbocycles. The highest BCUT2D eigenvalue weighted by Crippen LogP contribution is 2.25. The van der Waals surface area contributed by atoms with Crippen molar-refractivity contribution in [3.8, 4) is 0 Å². The van der Waals surface area contributed by atoms with Crippen LogP contribution in [0.3, 0.4) is 0 Å². The number of rotatable bonds is 2. The molecule has 1 aliphatic heterocycles. The number of benzene rings is 3. The standard InChI is InChI=1S/C22H17NO2/c1-14-10-11-15(2)17(12-14)13-20-22(24)25-21(23-20)19-9-5-7-16-6-3-4-8-18(16)19/h3-13H,1-2H3/b20-13+. The molecular formula is C22H17NO2. The molecule has 0 aliphatic carbocycles. The smallest absolute Gasteiger partial charge is 0.363 e. The Balaban J connectivity index is 1.80. The van der Waals surface area contributed by atoms with Gasteiger partial charge in [0.05, 0.1) is 0 Å². The lowest BCUT2D eigenvalue weighted by atomic mass is 10.0. The van der Waals surface area contributed by atoms with Gasteiger partial charge in [0.1, 0.15) is 0 Å². The van der Waals surface area contributed by atoms with E-state index in [1.165, 1.54) is 0 Å². The molecule has 3 nitrogen and oxygen atoms in total. The van der Waals surface area contributed by atoms with Gasteiger partial charge in [-0.25, -0.2) is 9.79 Å². The van der Waals surface area contributed by atoms with Crippen LogP contribution in [0.1, 0.15) is 22.3 Å². The highest BCUT2D eigenvalue weighted by molar-refractivity contribution is 6.17. The molecule has 0 fully saturated rings. The van der Waals surface area contributed by atoms with Crippen molar-refractivity contribution in [3.05, 3.63) is 88.6 Å². The summed E-state index contributed by atoms with van der Waals surface area (Å²) in [7, 11) is 0. The Kier molecular flexibility index (Phi) is 3.69. The van der Waals surface area contributed by atoms with Gasteiger partial charge in [0.15, 0.2) is 5.70 Å². The number of fused-ring (bicyclic) bond motifs is 1. The van der Waals surface area contributed by atoms with E-state index in [-0.39, 0.29) is 0 Å². The van der Waals surface area contributed by atoms with Crippen LogP contribution in [0.4, 0.5) is 0 Å². The Morgan fingerprint density at radius 2 is 1.76 bits per heavy atom. The molecule has 0 atom stereocenters. The van der Waals surface area contributed by atoms with E-state index in [9.17, 15) is 4.79 Å². The second-order valence-electron chi connectivity index (χ2n) is 6.22. The molecule has 3 heteroatoms. The van der Waals surface area contributed by atoms with Crippen molar-refractivity contribution >= 4 is 28.7 Å². The maximum Gasteiger partial charge on any atom is 0.363 e. The topological polar surface area (TPSA) is 38.7 Å². The molecule has 0 unspecified atom stereocenters. The van der Waals surface area contributed by atoms with Crippen LogP contribution in [0.2, 0.25) is 0 Å². The fourth-order valence-electron chi connectivity index (χ4n) is 3.00. The number of hydrogen-bond donors (Lipinski definition) is 0. The number of aliphatic imine (C=N–C) groups is 1. The number of nitrogens with zero attached hydrogens (tertiary/aromatic N) is 1. The third kappa shape index (κ3) is 2.85. The van der Waals surface area contributed by atoms with Gasteiger partial charge in [0, 0.05) is 5.56 Å². The van der Waals surface area contributed by atoms with Crippen LogP contribution in [-0.2, 0) is 9.53 Å². The van der Waals surface area contributed by atoms with Gasteiger partial charge in [-0.2, -0.15) is 0 Å². The summed E-state index contributed by atoms with van der Waals surface area (Å²) in [6, 6.07) is 20.0. The van der Waals surface area contributed by atoms with E-state index in [2.05, 4.69) is 11.1 Å². The highest BCUT2D eigenvalue weighted by atomic mass is 16.6. The van der Waals surface area contributed by atoms with Gasteiger partial charge in [-0.1, -0.05) is 60.2 Å². The third-order valence-corrected chi connectivity index (χ3v) is 4.37. The lowest BCUT2D eigenvalue weighted by molar-refractivity contribution is -0.129.